The van der Waals surface area contributed by atoms with Crippen LogP contribution in [0.15, 0.2) is 11.0 Å². The van der Waals surface area contributed by atoms with Crippen LogP contribution in [0.1, 0.15) is 79.3 Å². The first kappa shape index (κ1) is 18.5. The van der Waals surface area contributed by atoms with Crippen molar-refractivity contribution >= 4 is 11.9 Å². The third kappa shape index (κ3) is 3.34. The van der Waals surface area contributed by atoms with Gasteiger partial charge in [0.15, 0.2) is 11.4 Å². The molecule has 1 aliphatic heterocycles. The molecule has 0 aromatic carbocycles. The van der Waals surface area contributed by atoms with Gasteiger partial charge in [-0.3, -0.25) is 9.59 Å². The Morgan fingerprint density at radius 2 is 2.04 bits per heavy atom. The van der Waals surface area contributed by atoms with Crippen LogP contribution in [0.4, 0.5) is 0 Å². The molecule has 142 valence electrons. The SMILES string of the molecule is CCCCOc1c2n(cc(C(=O)OCC)c1=O)[C@H]1CCCC[C@@H]1NC2=O. The number of nitrogens with zero attached hydrogens (tertiary/aromatic N) is 1. The highest BCUT2D eigenvalue weighted by Crippen LogP contribution is 2.35. The van der Waals surface area contributed by atoms with Gasteiger partial charge in [0.1, 0.15) is 5.56 Å². The van der Waals surface area contributed by atoms with Gasteiger partial charge >= 0.3 is 5.97 Å². The number of unbranched alkanes of at least 4 members (excludes halogenated alkanes) is 1. The largest absolute Gasteiger partial charge is 0.487 e. The fourth-order valence-electron chi connectivity index (χ4n) is 3.75. The smallest absolute Gasteiger partial charge is 0.343 e. The van der Waals surface area contributed by atoms with Crippen LogP contribution in [0.3, 0.4) is 0 Å². The number of hydrogen-bond donors (Lipinski definition) is 1. The minimum atomic E-state index is -0.675. The molecule has 7 heteroatoms. The van der Waals surface area contributed by atoms with E-state index in [-0.39, 0.29) is 41.6 Å². The molecule has 7 nitrogen and oxygen atoms in total. The maximum Gasteiger partial charge on any atom is 0.343 e. The van der Waals surface area contributed by atoms with E-state index in [0.29, 0.717) is 6.61 Å². The summed E-state index contributed by atoms with van der Waals surface area (Å²) >= 11 is 0. The van der Waals surface area contributed by atoms with Gasteiger partial charge in [-0.25, -0.2) is 4.79 Å². The highest BCUT2D eigenvalue weighted by atomic mass is 16.5. The van der Waals surface area contributed by atoms with Gasteiger partial charge in [-0.15, -0.1) is 0 Å². The molecule has 1 saturated carbocycles. The monoisotopic (exact) mass is 362 g/mol. The van der Waals surface area contributed by atoms with Gasteiger partial charge < -0.3 is 19.4 Å². The predicted molar refractivity (Wildman–Crippen MR) is 95.8 cm³/mol. The Bertz CT molecular complexity index is 755. The molecule has 0 saturated heterocycles. The van der Waals surface area contributed by atoms with Gasteiger partial charge in [0.05, 0.1) is 19.3 Å². The normalized spacial score (nSPS) is 21.4. The molecule has 1 fully saturated rings. The zero-order valence-electron chi connectivity index (χ0n) is 15.4. The number of hydrogen-bond acceptors (Lipinski definition) is 5. The molecular formula is C19H26N2O5. The maximum atomic E-state index is 12.8. The molecule has 1 aliphatic carbocycles. The standard InChI is InChI=1S/C19H26N2O5/c1-3-5-10-26-17-15-18(23)20-13-8-6-7-9-14(13)21(15)11-12(16(17)22)19(24)25-4-2/h11,13-14H,3-10H2,1-2H3,(H,20,23)/t13-,14-/m0/s1. The van der Waals surface area contributed by atoms with Crippen molar-refractivity contribution in [3.63, 3.8) is 0 Å². The van der Waals surface area contributed by atoms with Crippen molar-refractivity contribution in [1.29, 1.82) is 0 Å². The zero-order valence-corrected chi connectivity index (χ0v) is 15.4. The van der Waals surface area contributed by atoms with E-state index >= 15 is 0 Å². The molecule has 3 rings (SSSR count). The van der Waals surface area contributed by atoms with Crippen molar-refractivity contribution in [3.8, 4) is 5.75 Å². The first-order valence-corrected chi connectivity index (χ1v) is 9.48. The van der Waals surface area contributed by atoms with Crippen LogP contribution in [-0.4, -0.2) is 35.7 Å². The summed E-state index contributed by atoms with van der Waals surface area (Å²) in [7, 11) is 0. The van der Waals surface area contributed by atoms with Crippen molar-refractivity contribution in [3.05, 3.63) is 27.7 Å². The minimum absolute atomic E-state index is 0.0183. The number of nitrogens with one attached hydrogen (secondary N) is 1. The lowest BCUT2D eigenvalue weighted by Gasteiger charge is -2.39. The quantitative estimate of drug-likeness (QED) is 0.620. The molecular weight excluding hydrogens is 336 g/mol. The lowest BCUT2D eigenvalue weighted by Crippen LogP contribution is -2.50. The van der Waals surface area contributed by atoms with Gasteiger partial charge in [-0.05, 0) is 26.2 Å². The number of carbonyl (C=O) groups excluding carboxylic acids is 2. The number of ether oxygens (including phenoxy) is 2. The zero-order chi connectivity index (χ0) is 18.7. The van der Waals surface area contributed by atoms with Crippen LogP contribution in [0, 0.1) is 0 Å². The molecule has 26 heavy (non-hydrogen) atoms. The van der Waals surface area contributed by atoms with Crippen LogP contribution in [0.2, 0.25) is 0 Å². The average Bonchev–Trinajstić information content (AvgIpc) is 2.63. The summed E-state index contributed by atoms with van der Waals surface area (Å²) in [6.07, 6.45) is 7.03. The van der Waals surface area contributed by atoms with Crippen molar-refractivity contribution in [2.24, 2.45) is 0 Å². The van der Waals surface area contributed by atoms with Crippen molar-refractivity contribution < 1.29 is 19.1 Å². The second-order valence-corrected chi connectivity index (χ2v) is 6.81. The second-order valence-electron chi connectivity index (χ2n) is 6.81. The molecule has 2 atom stereocenters. The fourth-order valence-corrected chi connectivity index (χ4v) is 3.75. The molecule has 2 aliphatic rings. The van der Waals surface area contributed by atoms with E-state index in [1.165, 1.54) is 6.20 Å². The molecule has 0 unspecified atom stereocenters. The van der Waals surface area contributed by atoms with Crippen LogP contribution < -0.4 is 15.5 Å². The summed E-state index contributed by atoms with van der Waals surface area (Å²) in [5.74, 6) is -1.02. The van der Waals surface area contributed by atoms with Crippen molar-refractivity contribution in [2.75, 3.05) is 13.2 Å². The Morgan fingerprint density at radius 3 is 2.77 bits per heavy atom. The molecule has 1 amide bonds. The topological polar surface area (TPSA) is 86.6 Å². The molecule has 1 aromatic rings. The van der Waals surface area contributed by atoms with E-state index in [0.717, 1.165) is 38.5 Å². The molecule has 2 heterocycles. The number of amides is 1. The number of esters is 1. The molecule has 0 radical (unpaired) electrons. The van der Waals surface area contributed by atoms with E-state index in [1.54, 1.807) is 11.5 Å². The van der Waals surface area contributed by atoms with E-state index in [2.05, 4.69) is 5.32 Å². The highest BCUT2D eigenvalue weighted by Gasteiger charge is 2.38. The first-order valence-electron chi connectivity index (χ1n) is 9.48. The molecule has 1 N–H and O–H groups in total. The molecule has 0 bridgehead atoms. The Kier molecular flexibility index (Phi) is 5.64. The Morgan fingerprint density at radius 1 is 1.27 bits per heavy atom. The lowest BCUT2D eigenvalue weighted by molar-refractivity contribution is 0.0520. The summed E-state index contributed by atoms with van der Waals surface area (Å²) in [5.41, 5.74) is -0.418. The van der Waals surface area contributed by atoms with Crippen LogP contribution >= 0.6 is 0 Å². The number of pyridine rings is 1. The first-order chi connectivity index (χ1) is 12.6. The third-order valence-corrected chi connectivity index (χ3v) is 5.05. The van der Waals surface area contributed by atoms with Gasteiger partial charge in [-0.1, -0.05) is 26.2 Å². The summed E-state index contributed by atoms with van der Waals surface area (Å²) in [6.45, 7) is 4.21. The summed E-state index contributed by atoms with van der Waals surface area (Å²) in [4.78, 5) is 37.8. The Labute approximate surface area is 152 Å². The van der Waals surface area contributed by atoms with Crippen LogP contribution in [-0.2, 0) is 4.74 Å². The summed E-state index contributed by atoms with van der Waals surface area (Å²) in [6, 6.07) is 0.0449. The van der Waals surface area contributed by atoms with Gasteiger partial charge in [-0.2, -0.15) is 0 Å². The van der Waals surface area contributed by atoms with E-state index in [9.17, 15) is 14.4 Å². The van der Waals surface area contributed by atoms with E-state index < -0.39 is 11.4 Å². The van der Waals surface area contributed by atoms with Crippen LogP contribution in [0.25, 0.3) is 0 Å². The van der Waals surface area contributed by atoms with Crippen LogP contribution in [0.5, 0.6) is 5.75 Å². The number of fused-ring (bicyclic) bond motifs is 3. The molecule has 0 spiro atoms. The number of carbonyl (C=O) groups is 2. The van der Waals surface area contributed by atoms with E-state index in [4.69, 9.17) is 9.47 Å². The average molecular weight is 362 g/mol. The number of aromatic nitrogens is 1. The second kappa shape index (κ2) is 7.93. The van der Waals surface area contributed by atoms with Crippen molar-refractivity contribution in [1.82, 2.24) is 9.88 Å². The Balaban J connectivity index is 2.12. The fraction of sp³-hybridized carbons (Fsp3) is 0.632. The lowest BCUT2D eigenvalue weighted by atomic mass is 9.87. The maximum absolute atomic E-state index is 12.8. The third-order valence-electron chi connectivity index (χ3n) is 5.05. The van der Waals surface area contributed by atoms with Gasteiger partial charge in [0, 0.05) is 12.2 Å². The summed E-state index contributed by atoms with van der Waals surface area (Å²) in [5, 5.41) is 3.01. The minimum Gasteiger partial charge on any atom is -0.487 e. The predicted octanol–water partition coefficient (Wildman–Crippen LogP) is 2.43. The summed E-state index contributed by atoms with van der Waals surface area (Å²) < 4.78 is 12.5. The van der Waals surface area contributed by atoms with Gasteiger partial charge in [0.25, 0.3) is 5.91 Å². The number of rotatable bonds is 6. The highest BCUT2D eigenvalue weighted by molar-refractivity contribution is 5.98. The Hall–Kier alpha value is -2.31. The van der Waals surface area contributed by atoms with Crippen molar-refractivity contribution in [2.45, 2.75) is 64.5 Å². The van der Waals surface area contributed by atoms with Gasteiger partial charge in [0.2, 0.25) is 5.43 Å². The molecule has 1 aromatic heterocycles. The van der Waals surface area contributed by atoms with E-state index in [1.807, 2.05) is 6.92 Å².